The fraction of sp³-hybridized carbons (Fsp3) is 0.579. The summed E-state index contributed by atoms with van der Waals surface area (Å²) in [7, 11) is 0. The van der Waals surface area contributed by atoms with E-state index in [1.54, 1.807) is 27.7 Å². The van der Waals surface area contributed by atoms with Gasteiger partial charge in [0.2, 0.25) is 0 Å². The standard InChI is InChI=1S/C38H52F3N3O6/c1-8-48-32(45)23-47-18-13-9-12-16-43(36(46)50-37(3,4)5)17-19-49-26-21-29(39)33(30(40)22-26)35-34-28(27-14-10-11-15-31(27)42-34)20-25(2)44(35)24-38(6,7)41/h10-11,14-15,21-22,25,35,42H,8-9,12-13,16-20,23-24H2,1-7H3/t25-,35-/m1/s1. The molecule has 0 aliphatic carbocycles. The van der Waals surface area contributed by atoms with E-state index < -0.39 is 41.0 Å². The quantitative estimate of drug-likeness (QED) is 0.120. The second-order valence-electron chi connectivity index (χ2n) is 14.4. The molecule has 0 saturated carbocycles. The van der Waals surface area contributed by atoms with Gasteiger partial charge in [-0.15, -0.1) is 0 Å². The number of para-hydroxylation sites is 1. The van der Waals surface area contributed by atoms with E-state index in [0.29, 0.717) is 44.7 Å². The lowest BCUT2D eigenvalue weighted by molar-refractivity contribution is -0.148. The van der Waals surface area contributed by atoms with Gasteiger partial charge < -0.3 is 28.8 Å². The van der Waals surface area contributed by atoms with E-state index >= 15 is 13.2 Å². The highest BCUT2D eigenvalue weighted by molar-refractivity contribution is 5.85. The second-order valence-corrected chi connectivity index (χ2v) is 14.4. The lowest BCUT2D eigenvalue weighted by Gasteiger charge is -2.43. The topological polar surface area (TPSA) is 93.3 Å². The van der Waals surface area contributed by atoms with Crippen LogP contribution in [0.1, 0.15) is 90.6 Å². The third-order valence-corrected chi connectivity index (χ3v) is 8.43. The number of benzene rings is 2. The molecule has 2 heterocycles. The van der Waals surface area contributed by atoms with Crippen LogP contribution >= 0.6 is 0 Å². The van der Waals surface area contributed by atoms with E-state index in [0.717, 1.165) is 35.0 Å². The first-order valence-corrected chi connectivity index (χ1v) is 17.4. The molecular weight excluding hydrogens is 651 g/mol. The number of halogens is 3. The number of H-pyrrole nitrogens is 1. The van der Waals surface area contributed by atoms with Gasteiger partial charge in [0.15, 0.2) is 0 Å². The molecule has 3 aromatic rings. The SMILES string of the molecule is CCOC(=O)COCCCCCN(CCOc1cc(F)c([C@@H]2c3[nH]c4ccccc4c3C[C@@H](C)N2CC(C)(C)F)c(F)c1)C(=O)OC(C)(C)C. The molecule has 50 heavy (non-hydrogen) atoms. The Morgan fingerprint density at radius 3 is 2.36 bits per heavy atom. The molecule has 0 bridgehead atoms. The lowest BCUT2D eigenvalue weighted by atomic mass is 9.87. The van der Waals surface area contributed by atoms with Crippen LogP contribution in [0.2, 0.25) is 0 Å². The van der Waals surface area contributed by atoms with Gasteiger partial charge in [0.25, 0.3) is 0 Å². The molecule has 0 unspecified atom stereocenters. The number of carbonyl (C=O) groups excluding carboxylic acids is 2. The summed E-state index contributed by atoms with van der Waals surface area (Å²) >= 11 is 0. The first-order valence-electron chi connectivity index (χ1n) is 17.4. The molecule has 0 radical (unpaired) electrons. The van der Waals surface area contributed by atoms with Crippen molar-refractivity contribution < 1.29 is 41.7 Å². The largest absolute Gasteiger partial charge is 0.492 e. The summed E-state index contributed by atoms with van der Waals surface area (Å²) in [6, 6.07) is 8.95. The molecule has 1 aromatic heterocycles. The molecule has 2 aromatic carbocycles. The maximum absolute atomic E-state index is 16.1. The summed E-state index contributed by atoms with van der Waals surface area (Å²) in [4.78, 5) is 31.1. The number of aromatic amines is 1. The van der Waals surface area contributed by atoms with Crippen molar-refractivity contribution in [2.45, 2.75) is 97.5 Å². The number of fused-ring (bicyclic) bond motifs is 3. The van der Waals surface area contributed by atoms with Gasteiger partial charge in [0.1, 0.15) is 41.9 Å². The summed E-state index contributed by atoms with van der Waals surface area (Å²) < 4.78 is 68.8. The fourth-order valence-electron chi connectivity index (χ4n) is 6.34. The Hall–Kier alpha value is -3.77. The Balaban J connectivity index is 1.46. The van der Waals surface area contributed by atoms with Gasteiger partial charge in [-0.2, -0.15) is 0 Å². The normalized spacial score (nSPS) is 16.7. The van der Waals surface area contributed by atoms with Crippen molar-refractivity contribution >= 4 is 23.0 Å². The van der Waals surface area contributed by atoms with E-state index in [-0.39, 0.29) is 43.7 Å². The number of amides is 1. The lowest BCUT2D eigenvalue weighted by Crippen LogP contribution is -2.48. The average molecular weight is 704 g/mol. The van der Waals surface area contributed by atoms with E-state index in [1.807, 2.05) is 36.1 Å². The van der Waals surface area contributed by atoms with Gasteiger partial charge in [-0.1, -0.05) is 18.2 Å². The zero-order valence-corrected chi connectivity index (χ0v) is 30.4. The van der Waals surface area contributed by atoms with Gasteiger partial charge in [-0.25, -0.2) is 22.8 Å². The Kier molecular flexibility index (Phi) is 13.2. The number of esters is 1. The van der Waals surface area contributed by atoms with Crippen molar-refractivity contribution in [1.29, 1.82) is 0 Å². The van der Waals surface area contributed by atoms with Crippen LogP contribution in [0.25, 0.3) is 10.9 Å². The zero-order chi connectivity index (χ0) is 36.6. The number of ether oxygens (including phenoxy) is 4. The number of rotatable bonds is 16. The van der Waals surface area contributed by atoms with Crippen LogP contribution in [0.3, 0.4) is 0 Å². The molecule has 276 valence electrons. The van der Waals surface area contributed by atoms with Crippen LogP contribution in [-0.2, 0) is 25.4 Å². The molecule has 12 heteroatoms. The minimum absolute atomic E-state index is 0.0219. The highest BCUT2D eigenvalue weighted by Crippen LogP contribution is 2.43. The number of aromatic nitrogens is 1. The van der Waals surface area contributed by atoms with Crippen LogP contribution in [0.4, 0.5) is 18.0 Å². The van der Waals surface area contributed by atoms with Crippen molar-refractivity contribution in [3.63, 3.8) is 0 Å². The van der Waals surface area contributed by atoms with E-state index in [9.17, 15) is 9.59 Å². The van der Waals surface area contributed by atoms with Crippen LogP contribution < -0.4 is 4.74 Å². The monoisotopic (exact) mass is 703 g/mol. The third kappa shape index (κ3) is 10.6. The van der Waals surface area contributed by atoms with Crippen molar-refractivity contribution in [2.24, 2.45) is 0 Å². The van der Waals surface area contributed by atoms with Crippen molar-refractivity contribution in [1.82, 2.24) is 14.8 Å². The minimum Gasteiger partial charge on any atom is -0.492 e. The number of alkyl halides is 1. The number of unbranched alkanes of at least 4 members (excludes halogenated alkanes) is 2. The highest BCUT2D eigenvalue weighted by atomic mass is 19.1. The molecule has 1 aliphatic rings. The van der Waals surface area contributed by atoms with E-state index in [1.165, 1.54) is 18.7 Å². The van der Waals surface area contributed by atoms with Crippen LogP contribution in [0, 0.1) is 11.6 Å². The molecule has 1 amide bonds. The molecule has 1 N–H and O–H groups in total. The van der Waals surface area contributed by atoms with Crippen molar-refractivity contribution in [2.75, 3.05) is 46.1 Å². The van der Waals surface area contributed by atoms with Gasteiger partial charge in [0, 0.05) is 60.0 Å². The van der Waals surface area contributed by atoms with Crippen LogP contribution in [-0.4, -0.2) is 90.2 Å². The predicted octanol–water partition coefficient (Wildman–Crippen LogP) is 7.90. The van der Waals surface area contributed by atoms with Gasteiger partial charge in [0.05, 0.1) is 19.2 Å². The number of nitrogens with zero attached hydrogens (tertiary/aromatic N) is 2. The summed E-state index contributed by atoms with van der Waals surface area (Å²) in [5.74, 6) is -2.04. The first-order chi connectivity index (χ1) is 23.6. The summed E-state index contributed by atoms with van der Waals surface area (Å²) in [6.45, 7) is 12.9. The molecule has 0 fully saturated rings. The number of hydrogen-bond donors (Lipinski definition) is 1. The maximum Gasteiger partial charge on any atom is 0.410 e. The molecule has 4 rings (SSSR count). The molecule has 0 saturated heterocycles. The smallest absolute Gasteiger partial charge is 0.410 e. The average Bonchev–Trinajstić information content (AvgIpc) is 3.37. The van der Waals surface area contributed by atoms with E-state index in [2.05, 4.69) is 4.98 Å². The molecule has 1 aliphatic heterocycles. The summed E-state index contributed by atoms with van der Waals surface area (Å²) in [5, 5.41) is 0.983. The summed E-state index contributed by atoms with van der Waals surface area (Å²) in [6.07, 6.45) is 2.14. The zero-order valence-electron chi connectivity index (χ0n) is 30.4. The van der Waals surface area contributed by atoms with Gasteiger partial charge in [-0.05, 0) is 85.8 Å². The maximum atomic E-state index is 16.1. The Morgan fingerprint density at radius 2 is 1.70 bits per heavy atom. The van der Waals surface area contributed by atoms with Crippen LogP contribution in [0.15, 0.2) is 36.4 Å². The molecule has 0 spiro atoms. The Bertz CT molecular complexity index is 1580. The van der Waals surface area contributed by atoms with E-state index in [4.69, 9.17) is 18.9 Å². The Labute approximate surface area is 293 Å². The van der Waals surface area contributed by atoms with Crippen LogP contribution in [0.5, 0.6) is 5.75 Å². The summed E-state index contributed by atoms with van der Waals surface area (Å²) in [5.41, 5.74) is -0.0259. The Morgan fingerprint density at radius 1 is 1.00 bits per heavy atom. The number of hydrogen-bond acceptors (Lipinski definition) is 7. The fourth-order valence-corrected chi connectivity index (χ4v) is 6.34. The number of carbonyl (C=O) groups is 2. The van der Waals surface area contributed by atoms with Crippen molar-refractivity contribution in [3.8, 4) is 5.75 Å². The van der Waals surface area contributed by atoms with Crippen molar-refractivity contribution in [3.05, 3.63) is 64.9 Å². The number of nitrogens with one attached hydrogen (secondary N) is 1. The highest BCUT2D eigenvalue weighted by Gasteiger charge is 2.41. The minimum atomic E-state index is -1.61. The second kappa shape index (κ2) is 17.0. The predicted molar refractivity (Wildman–Crippen MR) is 186 cm³/mol. The van der Waals surface area contributed by atoms with Gasteiger partial charge in [-0.3, -0.25) is 4.90 Å². The molecule has 9 nitrogen and oxygen atoms in total. The molecular formula is C38H52F3N3O6. The third-order valence-electron chi connectivity index (χ3n) is 8.43. The first kappa shape index (κ1) is 39.0. The van der Waals surface area contributed by atoms with Gasteiger partial charge >= 0.3 is 12.1 Å². The molecule has 2 atom stereocenters.